The maximum atomic E-state index is 10.5. The number of carbonyl (C=O) groups is 1. The summed E-state index contributed by atoms with van der Waals surface area (Å²) in [5.41, 5.74) is 11.3. The second kappa shape index (κ2) is 2.83. The van der Waals surface area contributed by atoms with Crippen molar-refractivity contribution < 1.29 is 9.73 Å². The van der Waals surface area contributed by atoms with Crippen molar-refractivity contribution in [1.29, 1.82) is 0 Å². The van der Waals surface area contributed by atoms with Crippen LogP contribution in [-0.4, -0.2) is 6.03 Å². The number of amides is 2. The highest BCUT2D eigenvalue weighted by Gasteiger charge is 2.20. The van der Waals surface area contributed by atoms with Gasteiger partial charge in [0.05, 0.1) is 5.69 Å². The molecule has 0 bridgehead atoms. The zero-order valence-corrected chi connectivity index (χ0v) is 6.65. The quantitative estimate of drug-likeness (QED) is 0.582. The second-order valence-electron chi connectivity index (χ2n) is 2.48. The molecular formula is C7H8N4O2. The Morgan fingerprint density at radius 3 is 3.08 bits per heavy atom. The van der Waals surface area contributed by atoms with Crippen molar-refractivity contribution in [2.24, 2.45) is 5.73 Å². The van der Waals surface area contributed by atoms with Gasteiger partial charge in [0.2, 0.25) is 0 Å². The molecule has 6 nitrogen and oxygen atoms in total. The van der Waals surface area contributed by atoms with Gasteiger partial charge in [0.25, 0.3) is 0 Å². The van der Waals surface area contributed by atoms with Gasteiger partial charge < -0.3 is 5.73 Å². The number of hydrogen-bond acceptors (Lipinski definition) is 4. The average Bonchev–Trinajstić information content (AvgIpc) is 2.48. The molecule has 13 heavy (non-hydrogen) atoms. The third-order valence-electron chi connectivity index (χ3n) is 1.58. The molecule has 0 saturated heterocycles. The van der Waals surface area contributed by atoms with Gasteiger partial charge in [-0.25, -0.2) is 15.7 Å². The number of fused-ring (bicyclic) bond motifs is 1. The predicted molar refractivity (Wildman–Crippen MR) is 46.3 cm³/mol. The Morgan fingerprint density at radius 1 is 1.54 bits per heavy atom. The van der Waals surface area contributed by atoms with E-state index in [0.717, 1.165) is 10.9 Å². The van der Waals surface area contributed by atoms with Crippen LogP contribution in [-0.2, 0) is 4.94 Å². The minimum atomic E-state index is -0.682. The molecule has 0 saturated carbocycles. The number of anilines is 2. The number of nitrogens with one attached hydrogen (secondary N) is 2. The molecule has 2 amide bonds. The van der Waals surface area contributed by atoms with Crippen LogP contribution in [0.3, 0.4) is 0 Å². The first-order chi connectivity index (χ1) is 6.27. The van der Waals surface area contributed by atoms with Gasteiger partial charge in [-0.1, -0.05) is 12.1 Å². The lowest BCUT2D eigenvalue weighted by Gasteiger charge is -2.13. The summed E-state index contributed by atoms with van der Waals surface area (Å²) in [6.45, 7) is 0. The van der Waals surface area contributed by atoms with E-state index in [0.29, 0.717) is 5.69 Å². The zero-order valence-electron chi connectivity index (χ0n) is 6.65. The number of benzene rings is 1. The van der Waals surface area contributed by atoms with Crippen molar-refractivity contribution in [3.63, 3.8) is 0 Å². The number of carbonyl (C=O) groups excluding carboxylic acids is 1. The number of rotatable bonds is 1. The van der Waals surface area contributed by atoms with E-state index in [1.165, 1.54) is 0 Å². The molecule has 6 heteroatoms. The Bertz CT molecular complexity index is 341. The summed E-state index contributed by atoms with van der Waals surface area (Å²) < 4.78 is 0. The molecule has 1 aliphatic rings. The van der Waals surface area contributed by atoms with Gasteiger partial charge in [-0.2, -0.15) is 0 Å². The number of urea groups is 1. The van der Waals surface area contributed by atoms with Crippen LogP contribution in [0.1, 0.15) is 0 Å². The Balaban J connectivity index is 2.23. The summed E-state index contributed by atoms with van der Waals surface area (Å²) in [5, 5.41) is 1.16. The Kier molecular flexibility index (Phi) is 1.67. The van der Waals surface area contributed by atoms with Gasteiger partial charge in [0.1, 0.15) is 5.69 Å². The fourth-order valence-corrected chi connectivity index (χ4v) is 1.06. The van der Waals surface area contributed by atoms with Crippen LogP contribution in [0.2, 0.25) is 0 Å². The Labute approximate surface area is 74.1 Å². The zero-order chi connectivity index (χ0) is 9.26. The highest BCUT2D eigenvalue weighted by Crippen LogP contribution is 2.29. The molecule has 0 aliphatic carbocycles. The smallest absolute Gasteiger partial charge is 0.332 e. The first kappa shape index (κ1) is 7.69. The fourth-order valence-electron chi connectivity index (χ4n) is 1.06. The lowest BCUT2D eigenvalue weighted by molar-refractivity contribution is 0.152. The number of nitrogens with zero attached hydrogens (tertiary/aromatic N) is 1. The van der Waals surface area contributed by atoms with E-state index in [4.69, 9.17) is 10.7 Å². The minimum Gasteiger partial charge on any atom is -0.350 e. The normalized spacial score (nSPS) is 13.4. The summed E-state index contributed by atoms with van der Waals surface area (Å²) in [7, 11) is 0. The van der Waals surface area contributed by atoms with E-state index in [-0.39, 0.29) is 0 Å². The number of nitrogens with two attached hydrogens (primary N) is 1. The molecular weight excluding hydrogens is 172 g/mol. The minimum absolute atomic E-state index is 0.682. The molecule has 0 spiro atoms. The van der Waals surface area contributed by atoms with Crippen LogP contribution in [0.15, 0.2) is 24.3 Å². The van der Waals surface area contributed by atoms with Gasteiger partial charge in [0.15, 0.2) is 0 Å². The molecule has 68 valence electrons. The number of hydrazine groups is 1. The maximum Gasteiger partial charge on any atom is 0.332 e. The van der Waals surface area contributed by atoms with Crippen LogP contribution in [0.5, 0.6) is 0 Å². The molecule has 0 aromatic heterocycles. The molecule has 0 unspecified atom stereocenters. The van der Waals surface area contributed by atoms with Crippen LogP contribution in [0, 0.1) is 0 Å². The number of hydrogen-bond donors (Lipinski definition) is 3. The van der Waals surface area contributed by atoms with Crippen LogP contribution >= 0.6 is 0 Å². The van der Waals surface area contributed by atoms with E-state index < -0.39 is 6.03 Å². The molecule has 1 heterocycles. The summed E-state index contributed by atoms with van der Waals surface area (Å²) >= 11 is 0. The Morgan fingerprint density at radius 2 is 2.31 bits per heavy atom. The van der Waals surface area contributed by atoms with Gasteiger partial charge in [-0.3, -0.25) is 0 Å². The number of para-hydroxylation sites is 2. The van der Waals surface area contributed by atoms with Gasteiger partial charge in [0, 0.05) is 0 Å². The third kappa shape index (κ3) is 1.34. The molecule has 4 N–H and O–H groups in total. The summed E-state index contributed by atoms with van der Waals surface area (Å²) in [6.07, 6.45) is 0. The van der Waals surface area contributed by atoms with E-state index in [1.807, 2.05) is 18.2 Å². The molecule has 0 fully saturated rings. The lowest BCUT2D eigenvalue weighted by atomic mass is 10.3. The average molecular weight is 180 g/mol. The summed E-state index contributed by atoms with van der Waals surface area (Å²) in [4.78, 5) is 15.4. The lowest BCUT2D eigenvalue weighted by Crippen LogP contribution is -2.43. The van der Waals surface area contributed by atoms with Crippen LogP contribution in [0.25, 0.3) is 0 Å². The van der Waals surface area contributed by atoms with Crippen LogP contribution in [0.4, 0.5) is 16.2 Å². The van der Waals surface area contributed by atoms with Crippen molar-refractivity contribution in [1.82, 2.24) is 5.43 Å². The summed E-state index contributed by atoms with van der Waals surface area (Å²) in [6, 6.07) is 6.59. The predicted octanol–water partition coefficient (Wildman–Crippen LogP) is 0.348. The SMILES string of the molecule is NC(=O)NN1ONc2ccccc21. The molecule has 1 aromatic rings. The van der Waals surface area contributed by atoms with Crippen LogP contribution < -0.4 is 21.8 Å². The fraction of sp³-hybridized carbons (Fsp3) is 0. The van der Waals surface area contributed by atoms with Crippen molar-refractivity contribution in [3.05, 3.63) is 24.3 Å². The van der Waals surface area contributed by atoms with E-state index in [9.17, 15) is 4.79 Å². The topological polar surface area (TPSA) is 79.6 Å². The highest BCUT2D eigenvalue weighted by molar-refractivity contribution is 5.77. The molecule has 1 aromatic carbocycles. The summed E-state index contributed by atoms with van der Waals surface area (Å²) in [5.74, 6) is 0. The molecule has 2 rings (SSSR count). The molecule has 0 radical (unpaired) electrons. The monoisotopic (exact) mass is 180 g/mol. The van der Waals surface area contributed by atoms with E-state index in [1.54, 1.807) is 6.07 Å². The van der Waals surface area contributed by atoms with Crippen molar-refractivity contribution in [3.8, 4) is 0 Å². The van der Waals surface area contributed by atoms with Gasteiger partial charge in [-0.15, -0.1) is 10.1 Å². The highest BCUT2D eigenvalue weighted by atomic mass is 16.8. The first-order valence-electron chi connectivity index (χ1n) is 3.65. The molecule has 1 aliphatic heterocycles. The van der Waals surface area contributed by atoms with E-state index in [2.05, 4.69) is 10.9 Å². The van der Waals surface area contributed by atoms with Crippen molar-refractivity contribution >= 4 is 17.4 Å². The van der Waals surface area contributed by atoms with Crippen molar-refractivity contribution in [2.75, 3.05) is 10.7 Å². The van der Waals surface area contributed by atoms with Gasteiger partial charge >= 0.3 is 6.03 Å². The maximum absolute atomic E-state index is 10.5. The number of primary amides is 1. The van der Waals surface area contributed by atoms with Crippen molar-refractivity contribution in [2.45, 2.75) is 0 Å². The first-order valence-corrected chi connectivity index (χ1v) is 3.65. The Hall–Kier alpha value is -1.95. The molecule has 0 atom stereocenters. The largest absolute Gasteiger partial charge is 0.350 e. The third-order valence-corrected chi connectivity index (χ3v) is 1.58. The van der Waals surface area contributed by atoms with Gasteiger partial charge in [-0.05, 0) is 12.1 Å². The standard InChI is InChI=1S/C7H8N4O2/c8-7(12)9-11-6-4-2-1-3-5(6)10-13-11/h1-4,10H,(H3,8,9,12). The van der Waals surface area contributed by atoms with E-state index >= 15 is 0 Å². The second-order valence-corrected chi connectivity index (χ2v) is 2.48.